The van der Waals surface area contributed by atoms with Gasteiger partial charge in [0.1, 0.15) is 0 Å². The van der Waals surface area contributed by atoms with E-state index in [1.54, 1.807) is 6.20 Å². The monoisotopic (exact) mass is 314 g/mol. The lowest BCUT2D eigenvalue weighted by Gasteiger charge is -2.37. The molecule has 0 spiro atoms. The van der Waals surface area contributed by atoms with Gasteiger partial charge >= 0.3 is 0 Å². The van der Waals surface area contributed by atoms with Gasteiger partial charge in [-0.05, 0) is 36.5 Å². The molecule has 1 amide bonds. The molecule has 1 N–H and O–H groups in total. The molecule has 1 saturated carbocycles. The third kappa shape index (κ3) is 4.47. The Bertz CT molecular complexity index is 583. The molecule has 5 nitrogen and oxygen atoms in total. The number of nitrogens with one attached hydrogen (secondary N) is 1. The van der Waals surface area contributed by atoms with Crippen LogP contribution in [0.15, 0.2) is 43.0 Å². The van der Waals surface area contributed by atoms with Gasteiger partial charge in [0.15, 0.2) is 0 Å². The molecule has 0 bridgehead atoms. The zero-order chi connectivity index (χ0) is 16.0. The van der Waals surface area contributed by atoms with Gasteiger partial charge in [-0.1, -0.05) is 19.3 Å². The first-order valence-electron chi connectivity index (χ1n) is 8.61. The Labute approximate surface area is 137 Å². The van der Waals surface area contributed by atoms with Crippen molar-refractivity contribution < 1.29 is 4.79 Å². The Morgan fingerprint density at radius 1 is 1.09 bits per heavy atom. The van der Waals surface area contributed by atoms with E-state index in [-0.39, 0.29) is 11.3 Å². The molecule has 1 fully saturated rings. The fourth-order valence-electron chi connectivity index (χ4n) is 3.70. The first-order chi connectivity index (χ1) is 11.3. The van der Waals surface area contributed by atoms with Crippen molar-refractivity contribution >= 4 is 5.91 Å². The highest BCUT2D eigenvalue weighted by molar-refractivity contribution is 5.76. The molecule has 0 aliphatic heterocycles. The van der Waals surface area contributed by atoms with Crippen LogP contribution in [0.3, 0.4) is 0 Å². The summed E-state index contributed by atoms with van der Waals surface area (Å²) in [5.74, 6) is 0.172. The first kappa shape index (κ1) is 15.8. The van der Waals surface area contributed by atoms with Gasteiger partial charge in [0, 0.05) is 44.3 Å². The van der Waals surface area contributed by atoms with Crippen LogP contribution in [0.25, 0.3) is 0 Å². The van der Waals surface area contributed by atoms with Crippen molar-refractivity contribution in [2.24, 2.45) is 5.41 Å². The summed E-state index contributed by atoms with van der Waals surface area (Å²) >= 11 is 0. The van der Waals surface area contributed by atoms with Crippen molar-refractivity contribution in [2.45, 2.75) is 51.6 Å². The Morgan fingerprint density at radius 3 is 2.57 bits per heavy atom. The predicted molar refractivity (Wildman–Crippen MR) is 89.8 cm³/mol. The van der Waals surface area contributed by atoms with Crippen LogP contribution in [0.5, 0.6) is 0 Å². The number of carbonyl (C=O) groups excluding carboxylic acids is 1. The fourth-order valence-corrected chi connectivity index (χ4v) is 3.70. The quantitative estimate of drug-likeness (QED) is 0.854. The van der Waals surface area contributed by atoms with E-state index in [0.29, 0.717) is 13.0 Å². The molecule has 0 unspecified atom stereocenters. The molecular formula is C18H26N4O. The minimum Gasteiger partial charge on any atom is -0.354 e. The zero-order valence-electron chi connectivity index (χ0n) is 13.7. The van der Waals surface area contributed by atoms with Gasteiger partial charge in [0.25, 0.3) is 0 Å². The molecule has 1 aliphatic rings. The Morgan fingerprint density at radius 2 is 1.87 bits per heavy atom. The molecule has 5 heteroatoms. The van der Waals surface area contributed by atoms with Crippen molar-refractivity contribution in [3.63, 3.8) is 0 Å². The number of amides is 1. The highest BCUT2D eigenvalue weighted by atomic mass is 16.1. The molecule has 23 heavy (non-hydrogen) atoms. The van der Waals surface area contributed by atoms with Gasteiger partial charge in [-0.2, -0.15) is 5.10 Å². The van der Waals surface area contributed by atoms with Crippen LogP contribution in [0.2, 0.25) is 0 Å². The van der Waals surface area contributed by atoms with Gasteiger partial charge in [0.05, 0.1) is 6.54 Å². The summed E-state index contributed by atoms with van der Waals surface area (Å²) in [7, 11) is 0. The average molecular weight is 314 g/mol. The standard InChI is InChI=1S/C18H26N4O/c23-17(19-10-14-22-13-6-9-20-22)15-18(7-2-1-3-8-18)16-21-11-4-5-12-21/h4-6,9,11-13H,1-3,7-8,10,14-16H2,(H,19,23). The number of rotatable bonds is 7. The largest absolute Gasteiger partial charge is 0.354 e. The average Bonchev–Trinajstić information content (AvgIpc) is 3.21. The van der Waals surface area contributed by atoms with Gasteiger partial charge in [0.2, 0.25) is 5.91 Å². The van der Waals surface area contributed by atoms with Crippen LogP contribution in [0.4, 0.5) is 0 Å². The molecule has 124 valence electrons. The summed E-state index contributed by atoms with van der Waals surface area (Å²) in [4.78, 5) is 12.4. The summed E-state index contributed by atoms with van der Waals surface area (Å²) in [5.41, 5.74) is 0.118. The van der Waals surface area contributed by atoms with Gasteiger partial charge in [-0.3, -0.25) is 9.48 Å². The maximum absolute atomic E-state index is 12.4. The molecule has 3 rings (SSSR count). The first-order valence-corrected chi connectivity index (χ1v) is 8.61. The van der Waals surface area contributed by atoms with Crippen molar-refractivity contribution in [1.82, 2.24) is 19.7 Å². The lowest BCUT2D eigenvalue weighted by Crippen LogP contribution is -2.37. The van der Waals surface area contributed by atoms with Gasteiger partial charge < -0.3 is 9.88 Å². The SMILES string of the molecule is O=C(CC1(Cn2cccc2)CCCCC1)NCCn1cccn1. The maximum atomic E-state index is 12.4. The van der Waals surface area contributed by atoms with Crippen LogP contribution in [-0.2, 0) is 17.9 Å². The van der Waals surface area contributed by atoms with E-state index in [2.05, 4.69) is 39.5 Å². The Kier molecular flexibility index (Phi) is 5.16. The van der Waals surface area contributed by atoms with Crippen LogP contribution >= 0.6 is 0 Å². The summed E-state index contributed by atoms with van der Waals surface area (Å²) < 4.78 is 4.07. The van der Waals surface area contributed by atoms with Crippen molar-refractivity contribution in [3.05, 3.63) is 43.0 Å². The molecule has 0 saturated heterocycles. The molecule has 0 aromatic carbocycles. The van der Waals surface area contributed by atoms with E-state index in [0.717, 1.165) is 25.9 Å². The molecule has 0 atom stereocenters. The molecule has 2 aromatic rings. The second-order valence-corrected chi connectivity index (χ2v) is 6.71. The van der Waals surface area contributed by atoms with Gasteiger partial charge in [-0.25, -0.2) is 0 Å². The van der Waals surface area contributed by atoms with E-state index in [1.807, 2.05) is 16.9 Å². The number of aromatic nitrogens is 3. The van der Waals surface area contributed by atoms with E-state index < -0.39 is 0 Å². The second-order valence-electron chi connectivity index (χ2n) is 6.71. The summed E-state index contributed by atoms with van der Waals surface area (Å²) in [6, 6.07) is 6.01. The van der Waals surface area contributed by atoms with Crippen LogP contribution < -0.4 is 5.32 Å². The van der Waals surface area contributed by atoms with Crippen LogP contribution in [-0.4, -0.2) is 26.8 Å². The highest BCUT2D eigenvalue weighted by Crippen LogP contribution is 2.40. The second kappa shape index (κ2) is 7.49. The van der Waals surface area contributed by atoms with Crippen molar-refractivity contribution in [3.8, 4) is 0 Å². The highest BCUT2D eigenvalue weighted by Gasteiger charge is 2.34. The molecule has 1 aliphatic carbocycles. The molecule has 2 heterocycles. The maximum Gasteiger partial charge on any atom is 0.220 e. The number of carbonyl (C=O) groups is 1. The van der Waals surface area contributed by atoms with E-state index >= 15 is 0 Å². The van der Waals surface area contributed by atoms with Crippen LogP contribution in [0.1, 0.15) is 38.5 Å². The molecule has 2 aromatic heterocycles. The smallest absolute Gasteiger partial charge is 0.220 e. The lowest BCUT2D eigenvalue weighted by molar-refractivity contribution is -0.124. The Hall–Kier alpha value is -2.04. The zero-order valence-corrected chi connectivity index (χ0v) is 13.7. The van der Waals surface area contributed by atoms with Crippen molar-refractivity contribution in [2.75, 3.05) is 6.54 Å². The van der Waals surface area contributed by atoms with E-state index in [1.165, 1.54) is 19.3 Å². The molecule has 0 radical (unpaired) electrons. The molecular weight excluding hydrogens is 288 g/mol. The third-order valence-electron chi connectivity index (χ3n) is 4.86. The number of hydrogen-bond acceptors (Lipinski definition) is 2. The number of hydrogen-bond donors (Lipinski definition) is 1. The number of nitrogens with zero attached hydrogens (tertiary/aromatic N) is 3. The Balaban J connectivity index is 1.53. The topological polar surface area (TPSA) is 51.9 Å². The minimum atomic E-state index is 0.118. The van der Waals surface area contributed by atoms with Crippen molar-refractivity contribution in [1.29, 1.82) is 0 Å². The summed E-state index contributed by atoms with van der Waals surface area (Å²) in [6.45, 7) is 2.32. The van der Waals surface area contributed by atoms with E-state index in [4.69, 9.17) is 0 Å². The van der Waals surface area contributed by atoms with Crippen LogP contribution in [0, 0.1) is 5.41 Å². The van der Waals surface area contributed by atoms with Gasteiger partial charge in [-0.15, -0.1) is 0 Å². The summed E-state index contributed by atoms with van der Waals surface area (Å²) in [6.07, 6.45) is 14.6. The lowest BCUT2D eigenvalue weighted by atomic mass is 9.71. The predicted octanol–water partition coefficient (Wildman–Crippen LogP) is 2.84. The summed E-state index contributed by atoms with van der Waals surface area (Å²) in [5, 5.41) is 7.22. The fraction of sp³-hybridized carbons (Fsp3) is 0.556. The normalized spacial score (nSPS) is 17.0. The third-order valence-corrected chi connectivity index (χ3v) is 4.86. The van der Waals surface area contributed by atoms with E-state index in [9.17, 15) is 4.79 Å². The minimum absolute atomic E-state index is 0.118.